The van der Waals surface area contributed by atoms with Gasteiger partial charge in [-0.2, -0.15) is 0 Å². The molecule has 14 aromatic rings. The average molecular weight is 2410 g/mol. The molecule has 45 heteroatoms. The molecule has 1 saturated heterocycles. The number of allylic oxidation sites excluding steroid dienone is 1. The van der Waals surface area contributed by atoms with Crippen LogP contribution in [0.5, 0.6) is 40.2 Å². The third kappa shape index (κ3) is 29.0. The smallest absolute Gasteiger partial charge is 0.261 e. The Hall–Kier alpha value is -10.7. The molecule has 5 aliphatic heterocycles. The number of nitrogen functional groups attached to an aromatic ring is 5. The Bertz CT molecular complexity index is 6780. The standard InChI is InChI=1S/C21H23Cl2N5O2S.C20H25N5OS.C19H23IN6O2S.2C19H23IN6O2.2CH4/c1-2-25-19(29)17-10-13-18(26-21(24)27-20(13)31-17)12-9-16(15(23)11-14(12)22)30-8-7-28-5-3-4-6-28;1-12-9-13(2)16-10-15(12)17-11-18(25-20(21)24-17)27-8-5-14(3)22-6-4-7-23-19(16)26;1-19(2,3)8-22-4-5-26-17-15(16(21)23-9-24-17)25-18(26)29-14-7-13-12(6-11(14)20)27-10-28-13;2*1-11(2)8-22-3-4-26-16(25-17-18(21)23-9-24-19(17)26)6-12-5-14-15(7-13(12)20)28-10-27-14;;/h9-11H,2-8H2,1H3,(H,25,29)(H2,24,26,27);9-11,22H,3-8H2,1-2H3,(H,23,26)(H2,21,24,25);6-7,9,22H,4-5,8,10H2,1-3H3,(H2,21,23,24);2*5,7,9,11,22H,3-4,6,8,10H2,1-2H3,(H2,21,23,24);2*1H4. The molecule has 145 heavy (non-hydrogen) atoms. The minimum atomic E-state index is -0.164. The van der Waals surface area contributed by atoms with Crippen molar-refractivity contribution < 1.29 is 42.7 Å². The predicted molar refractivity (Wildman–Crippen MR) is 603 cm³/mol. The molecule has 0 radical (unpaired) electrons. The number of aromatic nitrogens is 16. The third-order valence-corrected chi connectivity index (χ3v) is 30.0. The molecule has 5 aliphatic rings. The van der Waals surface area contributed by atoms with Gasteiger partial charge in [-0.05, 0) is 247 Å². The van der Waals surface area contributed by atoms with Crippen LogP contribution in [-0.2, 0) is 32.5 Å². The van der Waals surface area contributed by atoms with Crippen molar-refractivity contribution in [3.05, 3.63) is 169 Å². The number of hydrogen-bond donors (Lipinski definition) is 11. The number of carbonyl (C=O) groups is 2. The number of likely N-dealkylation sites (tertiary alicyclic amines) is 1. The van der Waals surface area contributed by atoms with Crippen LogP contribution in [0.4, 0.5) is 29.4 Å². The van der Waals surface area contributed by atoms with Crippen molar-refractivity contribution in [3.63, 3.8) is 0 Å². The molecule has 9 aromatic heterocycles. The number of aryl methyl sites for hydroxylation is 2. The highest BCUT2D eigenvalue weighted by Gasteiger charge is 2.29. The van der Waals surface area contributed by atoms with Crippen molar-refractivity contribution in [2.75, 3.05) is 140 Å². The summed E-state index contributed by atoms with van der Waals surface area (Å²) >= 11 is 24.3. The Labute approximate surface area is 907 Å². The monoisotopic (exact) mass is 2410 g/mol. The number of rotatable bonds is 27. The summed E-state index contributed by atoms with van der Waals surface area (Å²) in [5, 5.41) is 22.8. The highest BCUT2D eigenvalue weighted by atomic mass is 127. The van der Waals surface area contributed by atoms with Crippen LogP contribution in [-0.4, -0.2) is 206 Å². The van der Waals surface area contributed by atoms with E-state index in [1.165, 1.54) is 43.2 Å². The fourth-order valence-electron chi connectivity index (χ4n) is 16.0. The number of amides is 2. The Balaban J connectivity index is 0.000000151. The van der Waals surface area contributed by atoms with Gasteiger partial charge in [-0.15, -0.1) is 23.1 Å². The second kappa shape index (κ2) is 51.7. The van der Waals surface area contributed by atoms with Gasteiger partial charge in [-0.3, -0.25) is 14.5 Å². The zero-order chi connectivity index (χ0) is 101. The maximum absolute atomic E-state index is 12.6. The van der Waals surface area contributed by atoms with E-state index in [0.29, 0.717) is 126 Å². The second-order valence-corrected chi connectivity index (χ2v) is 43.7. The van der Waals surface area contributed by atoms with Crippen LogP contribution in [0.15, 0.2) is 119 Å². The number of nitrogens with two attached hydrogens (primary N) is 5. The summed E-state index contributed by atoms with van der Waals surface area (Å²) in [6.45, 7) is 39.2. The average Bonchev–Trinajstić information content (AvgIpc) is 1.63. The van der Waals surface area contributed by atoms with Gasteiger partial charge in [0.05, 0.1) is 26.3 Å². The van der Waals surface area contributed by atoms with E-state index in [0.717, 1.165) is 232 Å². The number of carbonyl (C=O) groups excluding carboxylic acids is 2. The molecular formula is C100H125Cl2I3N28O9S3. The fourth-order valence-corrected chi connectivity index (χ4v) is 21.4. The minimum Gasteiger partial charge on any atom is -0.491 e. The zero-order valence-corrected chi connectivity index (χ0v) is 91.6. The van der Waals surface area contributed by atoms with E-state index in [1.54, 1.807) is 41.7 Å². The quantitative estimate of drug-likeness (QED) is 0.0129. The summed E-state index contributed by atoms with van der Waals surface area (Å²) < 4.78 is 48.6. The number of anilines is 5. The number of benzene rings is 5. The SMILES string of the molecule is C.C.C=C1CCSc2cc(nc(N)n2)-c2cc(c(C)cc2C)C(=O)NCCCN1.CC(C)(C)CNCCn1c(Sc2cc3c(cc2I)OCO3)nc2c(N)ncnc21.CC(C)CNCCn1c(Cc2cc3c(cc2I)OCO3)nc2c(N)ncnc21.CC(C)CNCCn1c(Cc2cc3c(cc2I)OCO3)nc2c(N)ncnc21.CCNC(=O)c1cc2c(-c3cc(OCCN4CCCC4)c(Cl)cc3Cl)nc(N)nc2s1. The molecule has 16 N–H and O–H groups in total. The highest BCUT2D eigenvalue weighted by molar-refractivity contribution is 14.1. The lowest BCUT2D eigenvalue weighted by molar-refractivity contribution is 0.0947. The number of halogens is 5. The lowest BCUT2D eigenvalue weighted by atomic mass is 9.97. The fraction of sp³-hybridized carbons (Fsp3) is 0.410. The molecule has 1 fully saturated rings. The van der Waals surface area contributed by atoms with Gasteiger partial charge in [0.1, 0.15) is 52.8 Å². The first-order valence-corrected chi connectivity index (χ1v) is 53.6. The Morgan fingerprint density at radius 2 is 1.10 bits per heavy atom. The van der Waals surface area contributed by atoms with E-state index in [-0.39, 0.29) is 64.4 Å². The lowest BCUT2D eigenvalue weighted by Gasteiger charge is -2.19. The van der Waals surface area contributed by atoms with Gasteiger partial charge in [0, 0.05) is 134 Å². The van der Waals surface area contributed by atoms with Crippen molar-refractivity contribution in [2.24, 2.45) is 17.3 Å². The minimum absolute atomic E-state index is 0. The summed E-state index contributed by atoms with van der Waals surface area (Å²) in [5.41, 5.74) is 43.2. The molecule has 4 bridgehead atoms. The van der Waals surface area contributed by atoms with Gasteiger partial charge in [-0.25, -0.2) is 64.8 Å². The van der Waals surface area contributed by atoms with Crippen LogP contribution >= 0.6 is 126 Å². The number of thiophene rings is 1. The molecule has 772 valence electrons. The van der Waals surface area contributed by atoms with Crippen LogP contribution < -0.4 is 93.7 Å². The van der Waals surface area contributed by atoms with E-state index in [4.69, 9.17) is 100.0 Å². The molecular weight excluding hydrogens is 2290 g/mol. The summed E-state index contributed by atoms with van der Waals surface area (Å²) in [5.74, 6) is 10.4. The normalized spacial score (nSPS) is 13.7. The first kappa shape index (κ1) is 111. The van der Waals surface area contributed by atoms with Gasteiger partial charge in [-0.1, -0.05) is 111 Å². The maximum atomic E-state index is 12.6. The van der Waals surface area contributed by atoms with Crippen LogP contribution in [0.2, 0.25) is 10.0 Å². The molecule has 0 aliphatic carbocycles. The van der Waals surface area contributed by atoms with Crippen LogP contribution in [0.3, 0.4) is 0 Å². The number of thioether (sulfide) groups is 1. The molecule has 2 amide bonds. The topological polar surface area (TPSA) is 487 Å². The molecule has 5 aromatic carbocycles. The third-order valence-electron chi connectivity index (χ3n) is 23.1. The largest absolute Gasteiger partial charge is 0.491 e. The first-order chi connectivity index (χ1) is 68.8. The second-order valence-electron chi connectivity index (χ2n) is 36.3. The van der Waals surface area contributed by atoms with Crippen LogP contribution in [0, 0.1) is 41.8 Å². The van der Waals surface area contributed by atoms with E-state index in [2.05, 4.69) is 223 Å². The van der Waals surface area contributed by atoms with Gasteiger partial charge in [0.15, 0.2) is 90.6 Å². The van der Waals surface area contributed by atoms with E-state index in [9.17, 15) is 9.59 Å². The molecule has 0 saturated carbocycles. The molecule has 0 spiro atoms. The molecule has 19 rings (SSSR count). The summed E-state index contributed by atoms with van der Waals surface area (Å²) in [6, 6.07) is 23.1. The van der Waals surface area contributed by atoms with Gasteiger partial charge < -0.3 is 107 Å². The zero-order valence-electron chi connectivity index (χ0n) is 81.2. The van der Waals surface area contributed by atoms with Crippen molar-refractivity contribution in [1.82, 2.24) is 115 Å². The highest BCUT2D eigenvalue weighted by Crippen LogP contribution is 2.45. The molecule has 37 nitrogen and oxygen atoms in total. The number of ether oxygens (including phenoxy) is 7. The van der Waals surface area contributed by atoms with Gasteiger partial charge in [0.25, 0.3) is 11.8 Å². The van der Waals surface area contributed by atoms with Crippen molar-refractivity contribution in [2.45, 2.75) is 157 Å². The molecule has 14 heterocycles. The Morgan fingerprint density at radius 1 is 0.579 bits per heavy atom. The summed E-state index contributed by atoms with van der Waals surface area (Å²) in [4.78, 5) is 86.8. The van der Waals surface area contributed by atoms with E-state index < -0.39 is 0 Å². The summed E-state index contributed by atoms with van der Waals surface area (Å²) in [6.07, 6.45) is 9.90. The number of nitrogens with zero attached hydrogens (tertiary/aromatic N) is 17. The number of hydrogen-bond acceptors (Lipinski definition) is 35. The number of nitrogens with one attached hydrogen (secondary N) is 6. The van der Waals surface area contributed by atoms with Crippen molar-refractivity contribution in [3.8, 4) is 62.8 Å². The van der Waals surface area contributed by atoms with Crippen molar-refractivity contribution >= 4 is 211 Å². The molecule has 0 atom stereocenters. The predicted octanol–water partition coefficient (Wildman–Crippen LogP) is 17.5. The van der Waals surface area contributed by atoms with Crippen LogP contribution in [0.1, 0.15) is 150 Å². The van der Waals surface area contributed by atoms with E-state index >= 15 is 0 Å². The van der Waals surface area contributed by atoms with E-state index in [1.807, 2.05) is 75.4 Å². The first-order valence-electron chi connectivity index (χ1n) is 47.0. The number of fused-ring (bicyclic) bond motifs is 12. The van der Waals surface area contributed by atoms with Gasteiger partial charge >= 0.3 is 0 Å². The lowest BCUT2D eigenvalue weighted by Crippen LogP contribution is -2.29. The Morgan fingerprint density at radius 3 is 1.66 bits per heavy atom. The molecule has 0 unspecified atom stereocenters. The Kier molecular flexibility index (Phi) is 39.8. The number of imidazole rings is 3. The van der Waals surface area contributed by atoms with Crippen LogP contribution in [0.25, 0.3) is 66.2 Å². The van der Waals surface area contributed by atoms with Gasteiger partial charge in [0.2, 0.25) is 32.3 Å². The van der Waals surface area contributed by atoms with Crippen molar-refractivity contribution in [1.29, 1.82) is 0 Å². The maximum Gasteiger partial charge on any atom is 0.261 e. The summed E-state index contributed by atoms with van der Waals surface area (Å²) in [7, 11) is 0.